The van der Waals surface area contributed by atoms with Crippen molar-refractivity contribution in [2.45, 2.75) is 25.9 Å². The van der Waals surface area contributed by atoms with E-state index in [2.05, 4.69) is 21.0 Å². The first kappa shape index (κ1) is 21.9. The minimum Gasteiger partial charge on any atom is -0.497 e. The van der Waals surface area contributed by atoms with Crippen LogP contribution in [0.3, 0.4) is 0 Å². The number of methoxy groups -OCH3 is 2. The second-order valence-corrected chi connectivity index (χ2v) is 8.34. The van der Waals surface area contributed by atoms with Gasteiger partial charge in [-0.25, -0.2) is 0 Å². The van der Waals surface area contributed by atoms with Crippen molar-refractivity contribution >= 4 is 21.9 Å². The number of hydrogen-bond donors (Lipinski definition) is 0. The molecule has 3 rings (SSSR count). The molecule has 0 aliphatic rings. The van der Waals surface area contributed by atoms with Crippen LogP contribution >= 0.6 is 15.9 Å². The molecule has 158 valence electrons. The van der Waals surface area contributed by atoms with E-state index >= 15 is 0 Å². The van der Waals surface area contributed by atoms with Crippen LogP contribution in [0.15, 0.2) is 53.0 Å². The van der Waals surface area contributed by atoms with Gasteiger partial charge < -0.3 is 14.2 Å². The maximum atomic E-state index is 12.2. The highest BCUT2D eigenvalue weighted by Gasteiger charge is 2.34. The van der Waals surface area contributed by atoms with Gasteiger partial charge in [-0.15, -0.1) is 0 Å². The van der Waals surface area contributed by atoms with E-state index in [1.165, 1.54) is 7.11 Å². The monoisotopic (exact) mass is 472 g/mol. The van der Waals surface area contributed by atoms with E-state index in [0.29, 0.717) is 12.3 Å². The van der Waals surface area contributed by atoms with Gasteiger partial charge in [0, 0.05) is 17.1 Å². The molecule has 0 radical (unpaired) electrons. The highest BCUT2D eigenvalue weighted by atomic mass is 79.9. The number of hydrogen-bond acceptors (Lipinski definition) is 5. The summed E-state index contributed by atoms with van der Waals surface area (Å²) >= 11 is 3.54. The summed E-state index contributed by atoms with van der Waals surface area (Å²) in [5, 5.41) is 4.58. The van der Waals surface area contributed by atoms with Crippen molar-refractivity contribution in [3.63, 3.8) is 0 Å². The highest BCUT2D eigenvalue weighted by Crippen LogP contribution is 2.32. The van der Waals surface area contributed by atoms with Crippen molar-refractivity contribution in [3.05, 3.63) is 64.3 Å². The third-order valence-corrected chi connectivity index (χ3v) is 5.51. The Morgan fingerprint density at radius 3 is 2.37 bits per heavy atom. The van der Waals surface area contributed by atoms with Crippen molar-refractivity contribution in [1.82, 2.24) is 9.78 Å². The molecule has 0 saturated carbocycles. The lowest BCUT2D eigenvalue weighted by molar-refractivity contribution is -0.146. The van der Waals surface area contributed by atoms with E-state index < -0.39 is 5.41 Å². The van der Waals surface area contributed by atoms with Crippen molar-refractivity contribution in [2.75, 3.05) is 14.2 Å². The lowest BCUT2D eigenvalue weighted by Gasteiger charge is -2.18. The predicted molar refractivity (Wildman–Crippen MR) is 119 cm³/mol. The van der Waals surface area contributed by atoms with Gasteiger partial charge in [0.05, 0.1) is 25.6 Å². The van der Waals surface area contributed by atoms with Crippen LogP contribution in [0.4, 0.5) is 0 Å². The Morgan fingerprint density at radius 1 is 1.07 bits per heavy atom. The quantitative estimate of drug-likeness (QED) is 0.458. The van der Waals surface area contributed by atoms with Crippen LogP contribution in [-0.2, 0) is 28.6 Å². The number of nitrogens with zero attached hydrogens (tertiary/aromatic N) is 2. The summed E-state index contributed by atoms with van der Waals surface area (Å²) in [6.07, 6.45) is 0. The number of ether oxygens (including phenoxy) is 3. The Labute approximate surface area is 184 Å². The molecule has 0 N–H and O–H groups in total. The first-order valence-corrected chi connectivity index (χ1v) is 10.2. The third-order valence-electron chi connectivity index (χ3n) is 5.01. The summed E-state index contributed by atoms with van der Waals surface area (Å²) in [6.45, 7) is 3.99. The topological polar surface area (TPSA) is 62.6 Å². The number of carbonyl (C=O) groups is 1. The molecule has 0 saturated heterocycles. The van der Waals surface area contributed by atoms with Gasteiger partial charge in [0.1, 0.15) is 23.5 Å². The van der Waals surface area contributed by atoms with Crippen LogP contribution in [0, 0.1) is 0 Å². The fourth-order valence-electron chi connectivity index (χ4n) is 3.15. The van der Waals surface area contributed by atoms with Crippen molar-refractivity contribution < 1.29 is 19.0 Å². The van der Waals surface area contributed by atoms with Gasteiger partial charge >= 0.3 is 5.97 Å². The Balaban J connectivity index is 1.92. The predicted octanol–water partition coefficient (Wildman–Crippen LogP) is 4.89. The second-order valence-electron chi connectivity index (χ2n) is 7.42. The molecule has 0 fully saturated rings. The Bertz CT molecular complexity index is 1040. The normalized spacial score (nSPS) is 11.3. The first-order chi connectivity index (χ1) is 14.3. The van der Waals surface area contributed by atoms with Gasteiger partial charge in [0.25, 0.3) is 0 Å². The summed E-state index contributed by atoms with van der Waals surface area (Å²) in [4.78, 5) is 12.2. The van der Waals surface area contributed by atoms with Crippen LogP contribution in [0.5, 0.6) is 11.5 Å². The summed E-state index contributed by atoms with van der Waals surface area (Å²) in [6, 6.07) is 15.4. The number of halogens is 1. The number of benzene rings is 2. The molecule has 0 atom stereocenters. The van der Waals surface area contributed by atoms with Crippen LogP contribution in [0.2, 0.25) is 0 Å². The molecular weight excluding hydrogens is 448 g/mol. The fraction of sp³-hybridized carbons (Fsp3) is 0.304. The summed E-state index contributed by atoms with van der Waals surface area (Å²) < 4.78 is 18.9. The Morgan fingerprint density at radius 2 is 1.73 bits per heavy atom. The third kappa shape index (κ3) is 4.51. The molecule has 0 aliphatic heterocycles. The minimum atomic E-state index is -0.847. The molecule has 3 aromatic rings. The fourth-order valence-corrected chi connectivity index (χ4v) is 3.56. The van der Waals surface area contributed by atoms with Gasteiger partial charge in [-0.1, -0.05) is 22.0 Å². The smallest absolute Gasteiger partial charge is 0.317 e. The number of aryl methyl sites for hydroxylation is 1. The number of carbonyl (C=O) groups excluding carboxylic acids is 1. The van der Waals surface area contributed by atoms with E-state index in [4.69, 9.17) is 14.2 Å². The molecule has 0 spiro atoms. The molecule has 2 aromatic carbocycles. The Kier molecular flexibility index (Phi) is 6.51. The van der Waals surface area contributed by atoms with Crippen molar-refractivity contribution in [3.8, 4) is 22.8 Å². The SMILES string of the molecule is COC(=O)C(C)(C)c1cc(-c2ccc(Br)cc2COc2ccc(OC)cc2)n(C)n1. The largest absolute Gasteiger partial charge is 0.497 e. The van der Waals surface area contributed by atoms with Crippen LogP contribution in [-0.4, -0.2) is 30.0 Å². The molecule has 0 unspecified atom stereocenters. The summed E-state index contributed by atoms with van der Waals surface area (Å²) in [7, 11) is 4.88. The molecule has 6 nitrogen and oxygen atoms in total. The first-order valence-electron chi connectivity index (χ1n) is 9.45. The van der Waals surface area contributed by atoms with Gasteiger partial charge in [0.15, 0.2) is 0 Å². The number of rotatable bonds is 7. The van der Waals surface area contributed by atoms with Crippen LogP contribution in [0.25, 0.3) is 11.3 Å². The van der Waals surface area contributed by atoms with Crippen LogP contribution in [0.1, 0.15) is 25.1 Å². The van der Waals surface area contributed by atoms with Gasteiger partial charge in [-0.3, -0.25) is 9.48 Å². The minimum absolute atomic E-state index is 0.328. The standard InChI is InChI=1S/C23H25BrN2O4/c1-23(2,22(27)29-5)21-13-20(26(3)25-21)19-11-6-16(24)12-15(19)14-30-18-9-7-17(28-4)8-10-18/h6-13H,14H2,1-5H3. The molecule has 7 heteroatoms. The lowest BCUT2D eigenvalue weighted by Crippen LogP contribution is -2.30. The molecule has 1 aromatic heterocycles. The zero-order valence-electron chi connectivity index (χ0n) is 17.7. The van der Waals surface area contributed by atoms with E-state index in [9.17, 15) is 4.79 Å². The van der Waals surface area contributed by atoms with Crippen molar-refractivity contribution in [2.24, 2.45) is 7.05 Å². The molecular formula is C23H25BrN2O4. The molecule has 30 heavy (non-hydrogen) atoms. The average molecular weight is 473 g/mol. The Hall–Kier alpha value is -2.80. The average Bonchev–Trinajstić information content (AvgIpc) is 3.14. The number of aromatic nitrogens is 2. The maximum absolute atomic E-state index is 12.2. The van der Waals surface area contributed by atoms with E-state index in [-0.39, 0.29) is 5.97 Å². The molecule has 0 bridgehead atoms. The van der Waals surface area contributed by atoms with Gasteiger partial charge in [-0.2, -0.15) is 5.10 Å². The zero-order valence-corrected chi connectivity index (χ0v) is 19.3. The van der Waals surface area contributed by atoms with Crippen LogP contribution < -0.4 is 9.47 Å². The van der Waals surface area contributed by atoms with Crippen molar-refractivity contribution in [1.29, 1.82) is 0 Å². The van der Waals surface area contributed by atoms with E-state index in [0.717, 1.165) is 32.8 Å². The van der Waals surface area contributed by atoms with E-state index in [1.807, 2.05) is 55.6 Å². The zero-order chi connectivity index (χ0) is 21.9. The van der Waals surface area contributed by atoms with Gasteiger partial charge in [0.2, 0.25) is 0 Å². The summed E-state index contributed by atoms with van der Waals surface area (Å²) in [5.74, 6) is 1.20. The molecule has 0 amide bonds. The molecule has 1 heterocycles. The molecule has 0 aliphatic carbocycles. The second kappa shape index (κ2) is 8.92. The van der Waals surface area contributed by atoms with Gasteiger partial charge in [-0.05, 0) is 61.9 Å². The number of esters is 1. The summed E-state index contributed by atoms with van der Waals surface area (Å²) in [5.41, 5.74) is 2.67. The lowest BCUT2D eigenvalue weighted by atomic mass is 9.89. The maximum Gasteiger partial charge on any atom is 0.317 e. The highest BCUT2D eigenvalue weighted by molar-refractivity contribution is 9.10. The van der Waals surface area contributed by atoms with E-state index in [1.54, 1.807) is 25.6 Å².